The highest BCUT2D eigenvalue weighted by Gasteiger charge is 2.30. The largest absolute Gasteiger partial charge is 0.353 e. The van der Waals surface area contributed by atoms with Gasteiger partial charge in [0.05, 0.1) is 4.92 Å². The molecule has 1 saturated heterocycles. The summed E-state index contributed by atoms with van der Waals surface area (Å²) in [5, 5.41) is 14.7. The van der Waals surface area contributed by atoms with Crippen LogP contribution in [-0.2, 0) is 0 Å². The average molecular weight is 439 g/mol. The van der Waals surface area contributed by atoms with E-state index in [0.29, 0.717) is 5.82 Å². The van der Waals surface area contributed by atoms with E-state index in [2.05, 4.69) is 44.8 Å². The highest BCUT2D eigenvalue weighted by Crippen LogP contribution is 2.36. The van der Waals surface area contributed by atoms with Crippen molar-refractivity contribution < 1.29 is 4.92 Å². The summed E-state index contributed by atoms with van der Waals surface area (Å²) < 4.78 is 1.10. The van der Waals surface area contributed by atoms with Crippen LogP contribution in [0, 0.1) is 13.7 Å². The molecule has 1 aliphatic rings. The Bertz CT molecular complexity index is 738. The van der Waals surface area contributed by atoms with Crippen LogP contribution in [0.4, 0.5) is 23.0 Å². The van der Waals surface area contributed by atoms with Crippen LogP contribution in [-0.4, -0.2) is 27.5 Å². The third-order valence-corrected chi connectivity index (χ3v) is 4.89. The van der Waals surface area contributed by atoms with E-state index < -0.39 is 4.92 Å². The molecule has 0 amide bonds. The van der Waals surface area contributed by atoms with Crippen molar-refractivity contribution in [2.24, 2.45) is 0 Å². The summed E-state index contributed by atoms with van der Waals surface area (Å²) in [6.07, 6.45) is 4.56. The van der Waals surface area contributed by atoms with Gasteiger partial charge in [-0.05, 0) is 73.0 Å². The van der Waals surface area contributed by atoms with Gasteiger partial charge in [-0.3, -0.25) is 10.1 Å². The second-order valence-electron chi connectivity index (χ2n) is 5.82. The molecule has 1 unspecified atom stereocenters. The first-order valence-corrected chi connectivity index (χ1v) is 8.93. The highest BCUT2D eigenvalue weighted by molar-refractivity contribution is 14.1. The molecular weight excluding hydrogens is 421 g/mol. The Hall–Kier alpha value is -1.97. The number of nitrogens with one attached hydrogen (secondary N) is 1. The lowest BCUT2D eigenvalue weighted by atomic mass is 10.0. The van der Waals surface area contributed by atoms with Gasteiger partial charge in [0.1, 0.15) is 6.33 Å². The molecule has 126 valence electrons. The molecule has 1 aliphatic heterocycles. The standard InChI is InChI=1S/C16H18IN5O2/c1-11-4-2-3-9-21(11)16-14(22(23)24)15(18-10-19-16)20-13-7-5-12(17)6-8-13/h5-8,10-11H,2-4,9H2,1H3,(H,18,19,20). The van der Waals surface area contributed by atoms with Gasteiger partial charge in [0, 0.05) is 21.8 Å². The molecule has 0 saturated carbocycles. The molecule has 2 heterocycles. The summed E-state index contributed by atoms with van der Waals surface area (Å²) in [5.41, 5.74) is 0.694. The first-order valence-electron chi connectivity index (χ1n) is 7.85. The lowest BCUT2D eigenvalue weighted by Crippen LogP contribution is -2.38. The van der Waals surface area contributed by atoms with Crippen LogP contribution in [0.5, 0.6) is 0 Å². The van der Waals surface area contributed by atoms with Crippen LogP contribution in [0.15, 0.2) is 30.6 Å². The molecule has 2 aromatic rings. The van der Waals surface area contributed by atoms with Crippen LogP contribution in [0.1, 0.15) is 26.2 Å². The van der Waals surface area contributed by atoms with E-state index >= 15 is 0 Å². The van der Waals surface area contributed by atoms with E-state index in [1.807, 2.05) is 29.2 Å². The molecule has 1 N–H and O–H groups in total. The lowest BCUT2D eigenvalue weighted by molar-refractivity contribution is -0.383. The number of aromatic nitrogens is 2. The molecule has 1 fully saturated rings. The van der Waals surface area contributed by atoms with E-state index in [0.717, 1.165) is 35.1 Å². The Balaban J connectivity index is 1.98. The molecular formula is C16H18IN5O2. The van der Waals surface area contributed by atoms with Crippen LogP contribution < -0.4 is 10.2 Å². The minimum atomic E-state index is -0.397. The van der Waals surface area contributed by atoms with Gasteiger partial charge in [0.15, 0.2) is 0 Å². The molecule has 3 rings (SSSR count). The molecule has 1 aromatic heterocycles. The Morgan fingerprint density at radius 2 is 2.04 bits per heavy atom. The zero-order valence-corrected chi connectivity index (χ0v) is 15.4. The van der Waals surface area contributed by atoms with Crippen molar-refractivity contribution in [3.05, 3.63) is 44.3 Å². The molecule has 1 atom stereocenters. The third kappa shape index (κ3) is 3.58. The van der Waals surface area contributed by atoms with Crippen molar-refractivity contribution in [1.82, 2.24) is 9.97 Å². The van der Waals surface area contributed by atoms with E-state index in [4.69, 9.17) is 0 Å². The highest BCUT2D eigenvalue weighted by atomic mass is 127. The van der Waals surface area contributed by atoms with Gasteiger partial charge in [-0.25, -0.2) is 9.97 Å². The van der Waals surface area contributed by atoms with Gasteiger partial charge in [-0.15, -0.1) is 0 Å². The van der Waals surface area contributed by atoms with Crippen LogP contribution in [0.3, 0.4) is 0 Å². The maximum atomic E-state index is 11.7. The van der Waals surface area contributed by atoms with E-state index in [1.54, 1.807) is 0 Å². The number of hydrogen-bond donors (Lipinski definition) is 1. The fourth-order valence-corrected chi connectivity index (χ4v) is 3.28. The van der Waals surface area contributed by atoms with E-state index in [1.165, 1.54) is 6.33 Å². The fraction of sp³-hybridized carbons (Fsp3) is 0.375. The second-order valence-corrected chi connectivity index (χ2v) is 7.07. The first kappa shape index (κ1) is 16.9. The third-order valence-electron chi connectivity index (χ3n) is 4.17. The SMILES string of the molecule is CC1CCCCN1c1ncnc(Nc2ccc(I)cc2)c1[N+](=O)[O-]. The van der Waals surface area contributed by atoms with Crippen LogP contribution in [0.2, 0.25) is 0 Å². The van der Waals surface area contributed by atoms with Gasteiger partial charge in [0.25, 0.3) is 0 Å². The van der Waals surface area contributed by atoms with Crippen molar-refractivity contribution in [2.45, 2.75) is 32.2 Å². The van der Waals surface area contributed by atoms with Gasteiger partial charge in [-0.1, -0.05) is 0 Å². The summed E-state index contributed by atoms with van der Waals surface area (Å²) in [7, 11) is 0. The summed E-state index contributed by atoms with van der Waals surface area (Å²) >= 11 is 2.21. The summed E-state index contributed by atoms with van der Waals surface area (Å²) in [5.74, 6) is 0.624. The monoisotopic (exact) mass is 439 g/mol. The number of hydrogen-bond acceptors (Lipinski definition) is 6. The Morgan fingerprint density at radius 3 is 2.71 bits per heavy atom. The van der Waals surface area contributed by atoms with Gasteiger partial charge >= 0.3 is 5.69 Å². The lowest BCUT2D eigenvalue weighted by Gasteiger charge is -2.33. The topological polar surface area (TPSA) is 84.2 Å². The van der Waals surface area contributed by atoms with Crippen molar-refractivity contribution in [3.63, 3.8) is 0 Å². The van der Waals surface area contributed by atoms with Crippen LogP contribution in [0.25, 0.3) is 0 Å². The minimum Gasteiger partial charge on any atom is -0.348 e. The maximum Gasteiger partial charge on any atom is 0.353 e. The number of benzene rings is 1. The zero-order valence-electron chi connectivity index (χ0n) is 13.3. The summed E-state index contributed by atoms with van der Waals surface area (Å²) in [6, 6.07) is 7.85. The fourth-order valence-electron chi connectivity index (χ4n) is 2.92. The van der Waals surface area contributed by atoms with Crippen LogP contribution >= 0.6 is 22.6 Å². The molecule has 8 heteroatoms. The molecule has 0 aliphatic carbocycles. The van der Waals surface area contributed by atoms with Crippen molar-refractivity contribution in [1.29, 1.82) is 0 Å². The summed E-state index contributed by atoms with van der Waals surface area (Å²) in [6.45, 7) is 2.86. The van der Waals surface area contributed by atoms with Gasteiger partial charge in [0.2, 0.25) is 11.6 Å². The van der Waals surface area contributed by atoms with Crippen molar-refractivity contribution in [3.8, 4) is 0 Å². The normalized spacial score (nSPS) is 17.6. The molecule has 1 aromatic carbocycles. The van der Waals surface area contributed by atoms with Gasteiger partial charge in [-0.2, -0.15) is 0 Å². The van der Waals surface area contributed by atoms with E-state index in [9.17, 15) is 10.1 Å². The summed E-state index contributed by atoms with van der Waals surface area (Å²) in [4.78, 5) is 21.6. The van der Waals surface area contributed by atoms with Crippen molar-refractivity contribution in [2.75, 3.05) is 16.8 Å². The Labute approximate surface area is 153 Å². The smallest absolute Gasteiger partial charge is 0.348 e. The quantitative estimate of drug-likeness (QED) is 0.439. The molecule has 0 bridgehead atoms. The second kappa shape index (κ2) is 7.29. The molecule has 0 radical (unpaired) electrons. The zero-order chi connectivity index (χ0) is 17.1. The minimum absolute atomic E-state index is 0.0650. The van der Waals surface area contributed by atoms with Gasteiger partial charge < -0.3 is 10.2 Å². The number of nitrogens with zero attached hydrogens (tertiary/aromatic N) is 4. The van der Waals surface area contributed by atoms with Crippen molar-refractivity contribution >= 4 is 45.6 Å². The number of nitro groups is 1. The molecule has 0 spiro atoms. The number of piperidine rings is 1. The predicted molar refractivity (Wildman–Crippen MR) is 102 cm³/mol. The Morgan fingerprint density at radius 1 is 1.29 bits per heavy atom. The number of anilines is 3. The molecule has 7 nitrogen and oxygen atoms in total. The number of halogens is 1. The Kier molecular flexibility index (Phi) is 5.12. The maximum absolute atomic E-state index is 11.7. The molecule has 24 heavy (non-hydrogen) atoms. The van der Waals surface area contributed by atoms with E-state index in [-0.39, 0.29) is 17.5 Å². The average Bonchev–Trinajstić information content (AvgIpc) is 2.57. The number of rotatable bonds is 4. The first-order chi connectivity index (χ1) is 11.6. The predicted octanol–water partition coefficient (Wildman–Crippen LogP) is 4.11.